The van der Waals surface area contributed by atoms with Crippen LogP contribution < -0.4 is 20.1 Å². The molecular weight excluding hydrogens is 339 g/mol. The number of halogens is 2. The third-order valence-electron chi connectivity index (χ3n) is 3.20. The minimum absolute atomic E-state index is 0.104. The van der Waals surface area contributed by atoms with E-state index in [0.717, 1.165) is 5.69 Å². The summed E-state index contributed by atoms with van der Waals surface area (Å²) in [7, 11) is 0. The van der Waals surface area contributed by atoms with Gasteiger partial charge >= 0.3 is 0 Å². The number of rotatable bonds is 4. The molecule has 1 heterocycles. The first kappa shape index (κ1) is 15.8. The summed E-state index contributed by atoms with van der Waals surface area (Å²) in [4.78, 5) is 12.0. The Morgan fingerprint density at radius 3 is 2.48 bits per heavy atom. The Hall–Kier alpha value is -2.11. The molecule has 1 aliphatic rings. The van der Waals surface area contributed by atoms with E-state index in [1.54, 1.807) is 36.4 Å². The number of anilines is 2. The second-order valence-electron chi connectivity index (χ2n) is 4.89. The molecule has 0 aromatic heterocycles. The number of hydrogen-bond acceptors (Lipinski definition) is 4. The number of nitrogens with one attached hydrogen (secondary N) is 2. The molecule has 0 spiro atoms. The second kappa shape index (κ2) is 6.98. The highest BCUT2D eigenvalue weighted by Crippen LogP contribution is 2.32. The summed E-state index contributed by atoms with van der Waals surface area (Å²) in [5, 5.41) is 6.68. The molecule has 2 aromatic rings. The van der Waals surface area contributed by atoms with Gasteiger partial charge in [0.2, 0.25) is 5.91 Å². The van der Waals surface area contributed by atoms with E-state index in [2.05, 4.69) is 10.6 Å². The lowest BCUT2D eigenvalue weighted by atomic mass is 10.2. The van der Waals surface area contributed by atoms with Crippen LogP contribution in [0.4, 0.5) is 11.4 Å². The average Bonchev–Trinajstić information content (AvgIpc) is 2.56. The van der Waals surface area contributed by atoms with Crippen LogP contribution in [0.3, 0.4) is 0 Å². The zero-order valence-electron chi connectivity index (χ0n) is 12.1. The molecular formula is C16H14Cl2N2O3. The lowest BCUT2D eigenvalue weighted by Gasteiger charge is -2.19. The minimum Gasteiger partial charge on any atom is -0.486 e. The van der Waals surface area contributed by atoms with Gasteiger partial charge in [-0.15, -0.1) is 0 Å². The molecule has 3 rings (SSSR count). The Morgan fingerprint density at radius 1 is 0.957 bits per heavy atom. The van der Waals surface area contributed by atoms with Gasteiger partial charge < -0.3 is 20.1 Å². The van der Waals surface area contributed by atoms with Crippen LogP contribution in [0.15, 0.2) is 36.4 Å². The van der Waals surface area contributed by atoms with E-state index in [0.29, 0.717) is 40.4 Å². The van der Waals surface area contributed by atoms with Crippen LogP contribution in [0.5, 0.6) is 11.5 Å². The zero-order chi connectivity index (χ0) is 16.2. The summed E-state index contributed by atoms with van der Waals surface area (Å²) in [6.45, 7) is 1.14. The Kier molecular flexibility index (Phi) is 4.79. The molecule has 23 heavy (non-hydrogen) atoms. The quantitative estimate of drug-likeness (QED) is 0.878. The fraction of sp³-hybridized carbons (Fsp3) is 0.188. The molecule has 0 unspecified atom stereocenters. The monoisotopic (exact) mass is 352 g/mol. The van der Waals surface area contributed by atoms with Gasteiger partial charge in [-0.25, -0.2) is 0 Å². The van der Waals surface area contributed by atoms with Crippen LogP contribution in [-0.4, -0.2) is 25.7 Å². The highest BCUT2D eigenvalue weighted by molar-refractivity contribution is 6.42. The van der Waals surface area contributed by atoms with Crippen molar-refractivity contribution in [3.05, 3.63) is 46.4 Å². The number of fused-ring (bicyclic) bond motifs is 1. The van der Waals surface area contributed by atoms with Crippen molar-refractivity contribution in [3.63, 3.8) is 0 Å². The zero-order valence-corrected chi connectivity index (χ0v) is 13.6. The lowest BCUT2D eigenvalue weighted by molar-refractivity contribution is -0.114. The highest BCUT2D eigenvalue weighted by atomic mass is 35.5. The predicted molar refractivity (Wildman–Crippen MR) is 91.0 cm³/mol. The summed E-state index contributed by atoms with van der Waals surface area (Å²) >= 11 is 11.8. The smallest absolute Gasteiger partial charge is 0.243 e. The van der Waals surface area contributed by atoms with Crippen molar-refractivity contribution in [2.24, 2.45) is 0 Å². The summed E-state index contributed by atoms with van der Waals surface area (Å²) in [5.41, 5.74) is 1.37. The van der Waals surface area contributed by atoms with E-state index in [9.17, 15) is 4.79 Å². The molecule has 2 aromatic carbocycles. The maximum atomic E-state index is 12.0. The maximum absolute atomic E-state index is 12.0. The van der Waals surface area contributed by atoms with Crippen LogP contribution in [-0.2, 0) is 4.79 Å². The molecule has 0 radical (unpaired) electrons. The predicted octanol–water partition coefficient (Wildman–Crippen LogP) is 3.82. The van der Waals surface area contributed by atoms with Gasteiger partial charge in [0.25, 0.3) is 0 Å². The van der Waals surface area contributed by atoms with Crippen molar-refractivity contribution < 1.29 is 14.3 Å². The Morgan fingerprint density at radius 2 is 1.70 bits per heavy atom. The van der Waals surface area contributed by atoms with E-state index in [1.165, 1.54) is 0 Å². The first-order valence-corrected chi connectivity index (χ1v) is 7.76. The van der Waals surface area contributed by atoms with E-state index in [1.807, 2.05) is 0 Å². The van der Waals surface area contributed by atoms with Gasteiger partial charge in [0.05, 0.1) is 16.6 Å². The fourth-order valence-electron chi connectivity index (χ4n) is 2.11. The SMILES string of the molecule is O=C(CNc1ccc(Cl)c(Cl)c1)Nc1ccc2c(c1)OCCO2. The Balaban J connectivity index is 1.57. The van der Waals surface area contributed by atoms with Gasteiger partial charge in [-0.2, -0.15) is 0 Å². The van der Waals surface area contributed by atoms with Crippen LogP contribution in [0.1, 0.15) is 0 Å². The normalized spacial score (nSPS) is 12.6. The van der Waals surface area contributed by atoms with Crippen molar-refractivity contribution in [1.29, 1.82) is 0 Å². The summed E-state index contributed by atoms with van der Waals surface area (Å²) in [5.74, 6) is 1.13. The number of amides is 1. The molecule has 0 saturated carbocycles. The van der Waals surface area contributed by atoms with Crippen LogP contribution in [0, 0.1) is 0 Å². The minimum atomic E-state index is -0.187. The number of ether oxygens (including phenoxy) is 2. The highest BCUT2D eigenvalue weighted by Gasteiger charge is 2.12. The molecule has 1 amide bonds. The number of carbonyl (C=O) groups is 1. The maximum Gasteiger partial charge on any atom is 0.243 e. The summed E-state index contributed by atoms with van der Waals surface area (Å²) < 4.78 is 10.9. The van der Waals surface area contributed by atoms with Crippen LogP contribution in [0.25, 0.3) is 0 Å². The van der Waals surface area contributed by atoms with Crippen molar-refractivity contribution >= 4 is 40.5 Å². The van der Waals surface area contributed by atoms with Gasteiger partial charge in [0.15, 0.2) is 11.5 Å². The standard InChI is InChI=1S/C16H14Cl2N2O3/c17-12-3-1-10(7-13(12)18)19-9-16(21)20-11-2-4-14-15(8-11)23-6-5-22-14/h1-4,7-8,19H,5-6,9H2,(H,20,21). The number of carbonyl (C=O) groups excluding carboxylic acids is 1. The van der Waals surface area contributed by atoms with E-state index in [-0.39, 0.29) is 12.5 Å². The number of hydrogen-bond donors (Lipinski definition) is 2. The third-order valence-corrected chi connectivity index (χ3v) is 3.94. The van der Waals surface area contributed by atoms with Crippen molar-refractivity contribution in [3.8, 4) is 11.5 Å². The topological polar surface area (TPSA) is 59.6 Å². The molecule has 2 N–H and O–H groups in total. The summed E-state index contributed by atoms with van der Waals surface area (Å²) in [6.07, 6.45) is 0. The Labute approximate surface area is 143 Å². The third kappa shape index (κ3) is 4.00. The largest absolute Gasteiger partial charge is 0.486 e. The summed E-state index contributed by atoms with van der Waals surface area (Å²) in [6, 6.07) is 10.4. The molecule has 120 valence electrons. The van der Waals surface area contributed by atoms with Crippen LogP contribution >= 0.6 is 23.2 Å². The number of benzene rings is 2. The lowest BCUT2D eigenvalue weighted by Crippen LogP contribution is -2.22. The molecule has 0 fully saturated rings. The van der Waals surface area contributed by atoms with Gasteiger partial charge in [-0.3, -0.25) is 4.79 Å². The molecule has 0 aliphatic carbocycles. The fourth-order valence-corrected chi connectivity index (χ4v) is 2.41. The van der Waals surface area contributed by atoms with E-state index < -0.39 is 0 Å². The van der Waals surface area contributed by atoms with Crippen molar-refractivity contribution in [1.82, 2.24) is 0 Å². The van der Waals surface area contributed by atoms with Gasteiger partial charge in [0, 0.05) is 17.4 Å². The van der Waals surface area contributed by atoms with Gasteiger partial charge in [-0.05, 0) is 30.3 Å². The molecule has 1 aliphatic heterocycles. The molecule has 0 saturated heterocycles. The van der Waals surface area contributed by atoms with E-state index in [4.69, 9.17) is 32.7 Å². The first-order valence-electron chi connectivity index (χ1n) is 7.00. The molecule has 0 atom stereocenters. The van der Waals surface area contributed by atoms with Crippen LogP contribution in [0.2, 0.25) is 10.0 Å². The van der Waals surface area contributed by atoms with Crippen molar-refractivity contribution in [2.45, 2.75) is 0 Å². The van der Waals surface area contributed by atoms with Gasteiger partial charge in [0.1, 0.15) is 13.2 Å². The molecule has 0 bridgehead atoms. The Bertz CT molecular complexity index is 737. The first-order chi connectivity index (χ1) is 11.1. The molecule has 5 nitrogen and oxygen atoms in total. The van der Waals surface area contributed by atoms with E-state index >= 15 is 0 Å². The van der Waals surface area contributed by atoms with Gasteiger partial charge in [-0.1, -0.05) is 23.2 Å². The molecule has 7 heteroatoms. The second-order valence-corrected chi connectivity index (χ2v) is 5.70. The average molecular weight is 353 g/mol. The van der Waals surface area contributed by atoms with Crippen molar-refractivity contribution in [2.75, 3.05) is 30.4 Å².